The molecule has 1 aliphatic carbocycles. The van der Waals surface area contributed by atoms with Crippen LogP contribution in [0.2, 0.25) is 0 Å². The molecule has 0 fully saturated rings. The van der Waals surface area contributed by atoms with Crippen LogP contribution in [-0.2, 0) is 11.3 Å². The minimum absolute atomic E-state index is 0.0977. The molecular formula is C16H16BrNO2S3. The molecule has 7 heteroatoms. The fourth-order valence-corrected chi connectivity index (χ4v) is 6.28. The second kappa shape index (κ2) is 6.70. The normalized spacial score (nSPS) is 18.0. The maximum atomic E-state index is 12.1. The van der Waals surface area contributed by atoms with E-state index in [4.69, 9.17) is 4.84 Å². The largest absolute Gasteiger partial charge is 0.375 e. The van der Waals surface area contributed by atoms with Gasteiger partial charge in [0.2, 0.25) is 0 Å². The molecule has 0 saturated carbocycles. The quantitative estimate of drug-likeness (QED) is 0.350. The van der Waals surface area contributed by atoms with Gasteiger partial charge in [0.15, 0.2) is 0 Å². The molecule has 0 aliphatic heterocycles. The van der Waals surface area contributed by atoms with Crippen LogP contribution >= 0.6 is 50.4 Å². The number of oxime groups is 1. The summed E-state index contributed by atoms with van der Waals surface area (Å²) in [5.41, 5.74) is 3.39. The molecule has 2 aromatic rings. The van der Waals surface area contributed by atoms with Gasteiger partial charge in [-0.15, -0.1) is 34.4 Å². The van der Waals surface area contributed by atoms with Gasteiger partial charge in [-0.25, -0.2) is 4.79 Å². The van der Waals surface area contributed by atoms with Crippen molar-refractivity contribution in [3.8, 4) is 0 Å². The molecule has 0 saturated heterocycles. The monoisotopic (exact) mass is 429 g/mol. The molecule has 0 amide bonds. The minimum Gasteiger partial charge on any atom is -0.312 e. The van der Waals surface area contributed by atoms with Crippen molar-refractivity contribution in [2.75, 3.05) is 6.26 Å². The van der Waals surface area contributed by atoms with Crippen LogP contribution in [0.5, 0.6) is 0 Å². The fourth-order valence-electron chi connectivity index (χ4n) is 2.71. The molecule has 3 rings (SSSR count). The summed E-state index contributed by atoms with van der Waals surface area (Å²) >= 11 is 8.48. The molecule has 0 unspecified atom stereocenters. The summed E-state index contributed by atoms with van der Waals surface area (Å²) in [6, 6.07) is 3.58. The van der Waals surface area contributed by atoms with Crippen molar-refractivity contribution in [2.24, 2.45) is 10.6 Å². The zero-order valence-corrected chi connectivity index (χ0v) is 17.0. The van der Waals surface area contributed by atoms with Crippen molar-refractivity contribution in [1.29, 1.82) is 0 Å². The summed E-state index contributed by atoms with van der Waals surface area (Å²) in [5.74, 6) is -0.391. The van der Waals surface area contributed by atoms with E-state index in [-0.39, 0.29) is 5.41 Å². The van der Waals surface area contributed by atoms with Crippen molar-refractivity contribution >= 4 is 62.0 Å². The van der Waals surface area contributed by atoms with Crippen molar-refractivity contribution in [3.63, 3.8) is 0 Å². The third-order valence-corrected chi connectivity index (χ3v) is 7.62. The Balaban J connectivity index is 1.96. The van der Waals surface area contributed by atoms with Gasteiger partial charge in [0, 0.05) is 5.56 Å². The van der Waals surface area contributed by atoms with E-state index in [2.05, 4.69) is 41.2 Å². The zero-order valence-electron chi connectivity index (χ0n) is 13.0. The van der Waals surface area contributed by atoms with Gasteiger partial charge in [-0.05, 0) is 57.5 Å². The Bertz CT molecular complexity index is 763. The van der Waals surface area contributed by atoms with Crippen LogP contribution in [0.4, 0.5) is 0 Å². The average molecular weight is 430 g/mol. The number of thioether (sulfide) groups is 1. The molecule has 3 nitrogen and oxygen atoms in total. The summed E-state index contributed by atoms with van der Waals surface area (Å²) in [6.45, 7) is 4.44. The first-order valence-electron chi connectivity index (χ1n) is 7.08. The Morgan fingerprint density at radius 2 is 2.22 bits per heavy atom. The maximum Gasteiger partial charge on any atom is 0.375 e. The van der Waals surface area contributed by atoms with E-state index < -0.39 is 5.97 Å². The topological polar surface area (TPSA) is 38.7 Å². The molecule has 0 N–H and O–H groups in total. The van der Waals surface area contributed by atoms with E-state index in [0.29, 0.717) is 4.88 Å². The molecule has 0 aromatic carbocycles. The van der Waals surface area contributed by atoms with E-state index in [1.807, 2.05) is 11.4 Å². The summed E-state index contributed by atoms with van der Waals surface area (Å²) < 4.78 is 2.37. The maximum absolute atomic E-state index is 12.1. The van der Waals surface area contributed by atoms with Crippen LogP contribution in [0.25, 0.3) is 0 Å². The summed E-state index contributed by atoms with van der Waals surface area (Å²) in [7, 11) is 0. The summed E-state index contributed by atoms with van der Waals surface area (Å²) in [4.78, 5) is 17.8. The smallest absolute Gasteiger partial charge is 0.312 e. The first-order valence-corrected chi connectivity index (χ1v) is 10.8. The molecule has 2 heterocycles. The van der Waals surface area contributed by atoms with Crippen molar-refractivity contribution in [1.82, 2.24) is 0 Å². The Hall–Kier alpha value is -0.630. The van der Waals surface area contributed by atoms with E-state index in [9.17, 15) is 4.79 Å². The van der Waals surface area contributed by atoms with E-state index >= 15 is 0 Å². The first-order chi connectivity index (χ1) is 10.9. The van der Waals surface area contributed by atoms with Crippen LogP contribution in [0.3, 0.4) is 0 Å². The minimum atomic E-state index is -0.391. The van der Waals surface area contributed by atoms with Crippen LogP contribution in [0.1, 0.15) is 41.1 Å². The number of fused-ring (bicyclic) bond motifs is 1. The van der Waals surface area contributed by atoms with Gasteiger partial charge in [-0.2, -0.15) is 0 Å². The van der Waals surface area contributed by atoms with Crippen molar-refractivity contribution < 1.29 is 9.63 Å². The summed E-state index contributed by atoms with van der Waals surface area (Å²) in [6.07, 6.45) is 3.86. The number of carbonyl (C=O) groups excluding carboxylic acids is 1. The molecule has 0 spiro atoms. The van der Waals surface area contributed by atoms with E-state index in [1.165, 1.54) is 21.1 Å². The number of thiophene rings is 2. The lowest BCUT2D eigenvalue weighted by Gasteiger charge is -2.30. The molecule has 0 bridgehead atoms. The van der Waals surface area contributed by atoms with Gasteiger partial charge >= 0.3 is 5.97 Å². The third kappa shape index (κ3) is 3.57. The number of carbonyl (C=O) groups is 1. The molecular weight excluding hydrogens is 414 g/mol. The van der Waals surface area contributed by atoms with Crippen LogP contribution in [0.15, 0.2) is 30.7 Å². The molecule has 0 radical (unpaired) electrons. The molecule has 0 atom stereocenters. The van der Waals surface area contributed by atoms with Crippen molar-refractivity contribution in [2.45, 2.75) is 30.9 Å². The highest BCUT2D eigenvalue weighted by Gasteiger charge is 2.35. The molecule has 1 aliphatic rings. The van der Waals surface area contributed by atoms with E-state index in [1.54, 1.807) is 29.2 Å². The SMILES string of the molecule is CSc1sc(Br)c2c1/C(=N/OC(=O)c1cccs1)CC(C)(C)C2. The lowest BCUT2D eigenvalue weighted by atomic mass is 9.75. The van der Waals surface area contributed by atoms with Crippen LogP contribution in [0, 0.1) is 5.41 Å². The first kappa shape index (κ1) is 17.2. The predicted octanol–water partition coefficient (Wildman–Crippen LogP) is 5.83. The number of nitrogens with zero attached hydrogens (tertiary/aromatic N) is 1. The van der Waals surface area contributed by atoms with Gasteiger partial charge in [0.25, 0.3) is 0 Å². The van der Waals surface area contributed by atoms with Gasteiger partial charge in [0.1, 0.15) is 4.88 Å². The second-order valence-electron chi connectivity index (χ2n) is 6.13. The Morgan fingerprint density at radius 1 is 1.43 bits per heavy atom. The molecule has 2 aromatic heterocycles. The Kier molecular flexibility index (Phi) is 5.01. The summed E-state index contributed by atoms with van der Waals surface area (Å²) in [5, 5.41) is 6.10. The fraction of sp³-hybridized carbons (Fsp3) is 0.375. The Morgan fingerprint density at radius 3 is 2.87 bits per heavy atom. The number of rotatable bonds is 3. The zero-order chi connectivity index (χ0) is 16.6. The van der Waals surface area contributed by atoms with Crippen molar-refractivity contribution in [3.05, 3.63) is 37.3 Å². The van der Waals surface area contributed by atoms with E-state index in [0.717, 1.165) is 27.9 Å². The molecule has 122 valence electrons. The van der Waals surface area contributed by atoms with Crippen LogP contribution in [-0.4, -0.2) is 17.9 Å². The van der Waals surface area contributed by atoms with Gasteiger partial charge in [-0.3, -0.25) is 0 Å². The average Bonchev–Trinajstić information content (AvgIpc) is 3.12. The molecule has 23 heavy (non-hydrogen) atoms. The third-order valence-electron chi connectivity index (χ3n) is 3.66. The highest BCUT2D eigenvalue weighted by Crippen LogP contribution is 2.46. The number of hydrogen-bond acceptors (Lipinski definition) is 6. The Labute approximate surface area is 156 Å². The van der Waals surface area contributed by atoms with Gasteiger partial charge in [0.05, 0.1) is 13.7 Å². The van der Waals surface area contributed by atoms with Gasteiger partial charge in [-0.1, -0.05) is 25.1 Å². The second-order valence-corrected chi connectivity index (χ2v) is 10.5. The highest BCUT2D eigenvalue weighted by molar-refractivity contribution is 9.11. The highest BCUT2D eigenvalue weighted by atomic mass is 79.9. The number of hydrogen-bond donors (Lipinski definition) is 0. The van der Waals surface area contributed by atoms with Gasteiger partial charge < -0.3 is 4.84 Å². The van der Waals surface area contributed by atoms with Crippen LogP contribution < -0.4 is 0 Å². The lowest BCUT2D eigenvalue weighted by molar-refractivity contribution is 0.0519. The lowest BCUT2D eigenvalue weighted by Crippen LogP contribution is -2.27. The standard InChI is InChI=1S/C16H16BrNO2S3/c1-16(2)7-9-12(15(21-3)23-13(9)17)10(8-16)18-20-14(19)11-5-4-6-22-11/h4-6H,7-8H2,1-3H3/b18-10+. The predicted molar refractivity (Wildman–Crippen MR) is 102 cm³/mol. The number of halogens is 1.